The Morgan fingerprint density at radius 2 is 0.911 bits per heavy atom. The molecule has 1 nitrogen and oxygen atoms in total. The predicted molar refractivity (Wildman–Crippen MR) is 238 cm³/mol. The van der Waals surface area contributed by atoms with E-state index in [1.54, 1.807) is 0 Å². The van der Waals surface area contributed by atoms with Crippen molar-refractivity contribution >= 4 is 65.0 Å². The lowest BCUT2D eigenvalue weighted by molar-refractivity contribution is 0.661. The zero-order valence-electron chi connectivity index (χ0n) is 31.2. The molecule has 0 bridgehead atoms. The molecule has 1 aromatic heterocycles. The van der Waals surface area contributed by atoms with Gasteiger partial charge >= 0.3 is 0 Å². The van der Waals surface area contributed by atoms with Gasteiger partial charge in [0, 0.05) is 21.6 Å². The summed E-state index contributed by atoms with van der Waals surface area (Å²) in [4.78, 5) is 0. The van der Waals surface area contributed by atoms with Crippen molar-refractivity contribution in [3.8, 4) is 44.5 Å². The van der Waals surface area contributed by atoms with E-state index in [1.165, 1.54) is 104 Å². The summed E-state index contributed by atoms with van der Waals surface area (Å²) in [6.45, 7) is 4.72. The first kappa shape index (κ1) is 31.4. The van der Waals surface area contributed by atoms with E-state index >= 15 is 0 Å². The highest BCUT2D eigenvalue weighted by Crippen LogP contribution is 2.52. The summed E-state index contributed by atoms with van der Waals surface area (Å²) >= 11 is 0. The maximum absolute atomic E-state index is 6.52. The maximum atomic E-state index is 6.52. The van der Waals surface area contributed by atoms with Gasteiger partial charge in [0.2, 0.25) is 0 Å². The number of furan rings is 1. The van der Waals surface area contributed by atoms with Gasteiger partial charge in [-0.2, -0.15) is 0 Å². The minimum absolute atomic E-state index is 0.118. The van der Waals surface area contributed by atoms with Gasteiger partial charge in [-0.3, -0.25) is 0 Å². The summed E-state index contributed by atoms with van der Waals surface area (Å²) in [5.41, 5.74) is 14.6. The van der Waals surface area contributed by atoms with Crippen molar-refractivity contribution in [1.29, 1.82) is 0 Å². The van der Waals surface area contributed by atoms with Gasteiger partial charge in [0.15, 0.2) is 0 Å². The number of benzene rings is 10. The van der Waals surface area contributed by atoms with Gasteiger partial charge in [-0.05, 0) is 136 Å². The lowest BCUT2D eigenvalue weighted by Crippen LogP contribution is -2.14. The van der Waals surface area contributed by atoms with Crippen LogP contribution < -0.4 is 0 Å². The molecule has 1 heteroatoms. The molecule has 0 atom stereocenters. The van der Waals surface area contributed by atoms with Crippen LogP contribution in [0.1, 0.15) is 25.0 Å². The summed E-state index contributed by atoms with van der Waals surface area (Å²) in [5, 5.41) is 12.3. The van der Waals surface area contributed by atoms with E-state index in [4.69, 9.17) is 4.42 Å². The Kier molecular flexibility index (Phi) is 6.46. The average Bonchev–Trinajstić information content (AvgIpc) is 3.73. The largest absolute Gasteiger partial charge is 0.455 e. The van der Waals surface area contributed by atoms with Gasteiger partial charge in [0.05, 0.1) is 0 Å². The quantitative estimate of drug-likeness (QED) is 0.166. The van der Waals surface area contributed by atoms with Crippen molar-refractivity contribution in [3.63, 3.8) is 0 Å². The van der Waals surface area contributed by atoms with E-state index < -0.39 is 0 Å². The number of fused-ring (bicyclic) bond motifs is 11. The summed E-state index contributed by atoms with van der Waals surface area (Å²) in [5.74, 6) is 0. The molecular formula is C55H36O. The highest BCUT2D eigenvalue weighted by molar-refractivity contribution is 6.22. The molecule has 0 N–H and O–H groups in total. The Bertz CT molecular complexity index is 3390. The number of para-hydroxylation sites is 1. The minimum Gasteiger partial charge on any atom is -0.455 e. The van der Waals surface area contributed by atoms with Crippen LogP contribution in [0, 0.1) is 0 Å². The Morgan fingerprint density at radius 1 is 0.339 bits per heavy atom. The molecule has 0 saturated carbocycles. The topological polar surface area (TPSA) is 13.1 Å². The van der Waals surface area contributed by atoms with E-state index in [0.29, 0.717) is 0 Å². The average molecular weight is 713 g/mol. The van der Waals surface area contributed by atoms with Crippen LogP contribution in [0.4, 0.5) is 0 Å². The molecule has 1 aliphatic rings. The van der Waals surface area contributed by atoms with Crippen molar-refractivity contribution in [2.45, 2.75) is 19.3 Å². The predicted octanol–water partition coefficient (Wildman–Crippen LogP) is 15.5. The molecule has 12 rings (SSSR count). The summed E-state index contributed by atoms with van der Waals surface area (Å²) in [6.07, 6.45) is 0. The molecule has 1 heterocycles. The lowest BCUT2D eigenvalue weighted by atomic mass is 9.81. The van der Waals surface area contributed by atoms with Crippen molar-refractivity contribution < 1.29 is 4.42 Å². The first-order valence-corrected chi connectivity index (χ1v) is 19.6. The molecule has 0 radical (unpaired) electrons. The first-order valence-electron chi connectivity index (χ1n) is 19.6. The third-order valence-corrected chi connectivity index (χ3v) is 12.6. The van der Waals surface area contributed by atoms with Crippen LogP contribution in [0.15, 0.2) is 186 Å². The van der Waals surface area contributed by atoms with Gasteiger partial charge in [0.1, 0.15) is 11.2 Å². The fraction of sp³-hybridized carbons (Fsp3) is 0.0545. The van der Waals surface area contributed by atoms with Crippen LogP contribution in [0.5, 0.6) is 0 Å². The van der Waals surface area contributed by atoms with Crippen LogP contribution in [-0.4, -0.2) is 0 Å². The zero-order chi connectivity index (χ0) is 37.1. The van der Waals surface area contributed by atoms with Crippen LogP contribution in [0.2, 0.25) is 0 Å². The van der Waals surface area contributed by atoms with Crippen molar-refractivity contribution in [2.75, 3.05) is 0 Å². The molecule has 0 fully saturated rings. The zero-order valence-corrected chi connectivity index (χ0v) is 31.2. The summed E-state index contributed by atoms with van der Waals surface area (Å²) in [6, 6.07) is 67.3. The van der Waals surface area contributed by atoms with Gasteiger partial charge in [-0.15, -0.1) is 0 Å². The number of hydrogen-bond donors (Lipinski definition) is 0. The van der Waals surface area contributed by atoms with E-state index in [1.807, 2.05) is 6.07 Å². The molecule has 10 aromatic carbocycles. The van der Waals surface area contributed by atoms with Crippen LogP contribution in [0.3, 0.4) is 0 Å². The van der Waals surface area contributed by atoms with Crippen LogP contribution in [0.25, 0.3) is 110 Å². The normalized spacial score (nSPS) is 13.3. The molecule has 11 aromatic rings. The lowest BCUT2D eigenvalue weighted by Gasteiger charge is -2.22. The van der Waals surface area contributed by atoms with E-state index in [-0.39, 0.29) is 5.41 Å². The first-order chi connectivity index (χ1) is 27.5. The third kappa shape index (κ3) is 4.43. The molecule has 0 unspecified atom stereocenters. The van der Waals surface area contributed by atoms with Crippen molar-refractivity contribution in [2.24, 2.45) is 0 Å². The number of rotatable bonds is 3. The van der Waals surface area contributed by atoms with E-state index in [0.717, 1.165) is 16.6 Å². The highest BCUT2D eigenvalue weighted by atomic mass is 16.3. The Morgan fingerprint density at radius 3 is 1.66 bits per heavy atom. The second-order valence-electron chi connectivity index (χ2n) is 16.0. The fourth-order valence-corrected chi connectivity index (χ4v) is 9.88. The van der Waals surface area contributed by atoms with Gasteiger partial charge in [-0.1, -0.05) is 153 Å². The second-order valence-corrected chi connectivity index (χ2v) is 16.0. The monoisotopic (exact) mass is 712 g/mol. The molecule has 1 aliphatic carbocycles. The minimum atomic E-state index is -0.118. The van der Waals surface area contributed by atoms with Crippen LogP contribution in [-0.2, 0) is 5.41 Å². The molecular weight excluding hydrogens is 677 g/mol. The summed E-state index contributed by atoms with van der Waals surface area (Å²) in [7, 11) is 0. The van der Waals surface area contributed by atoms with Gasteiger partial charge in [-0.25, -0.2) is 0 Å². The molecule has 0 spiro atoms. The van der Waals surface area contributed by atoms with Gasteiger partial charge in [0.25, 0.3) is 0 Å². The number of hydrogen-bond acceptors (Lipinski definition) is 1. The van der Waals surface area contributed by atoms with E-state index in [2.05, 4.69) is 190 Å². The third-order valence-electron chi connectivity index (χ3n) is 12.6. The molecule has 56 heavy (non-hydrogen) atoms. The maximum Gasteiger partial charge on any atom is 0.143 e. The second kappa shape index (κ2) is 11.5. The Balaban J connectivity index is 1.03. The Hall–Kier alpha value is -6.96. The van der Waals surface area contributed by atoms with Crippen LogP contribution >= 0.6 is 0 Å². The Labute approximate surface area is 325 Å². The molecule has 262 valence electrons. The van der Waals surface area contributed by atoms with Crippen molar-refractivity contribution in [3.05, 3.63) is 193 Å². The smallest absolute Gasteiger partial charge is 0.143 e. The SMILES string of the molecule is CC1(C)c2ccc(-c3cccc(-c4c5ccccc5c(-c5ccc6ccccc6c5)c5ccccc45)c3)cc2-c2cc3c(ccc4c5ccccc5oc34)cc21. The van der Waals surface area contributed by atoms with Crippen molar-refractivity contribution in [1.82, 2.24) is 0 Å². The van der Waals surface area contributed by atoms with Gasteiger partial charge < -0.3 is 4.42 Å². The highest BCUT2D eigenvalue weighted by Gasteiger charge is 2.36. The summed E-state index contributed by atoms with van der Waals surface area (Å²) < 4.78 is 6.52. The van der Waals surface area contributed by atoms with E-state index in [9.17, 15) is 0 Å². The molecule has 0 saturated heterocycles. The standard InChI is InChI=1S/C55H36O/c1-55(2)49-27-25-36(30-47(49)48-32-46-37(31-50(48)55)24-26-45-40-16-9-10-21-51(40)56-54(45)46)35-14-11-15-38(29-35)52-41-17-5-7-19-43(41)53(44-20-8-6-18-42(44)52)39-23-22-33-12-3-4-13-34(33)28-39/h3-32H,1-2H3. The molecule has 0 amide bonds. The molecule has 0 aliphatic heterocycles. The fourth-order valence-electron chi connectivity index (χ4n) is 9.88.